The van der Waals surface area contributed by atoms with E-state index in [1.165, 1.54) is 0 Å². The second-order valence-electron chi connectivity index (χ2n) is 12.0. The molecule has 1 aliphatic heterocycles. The molecule has 39 heavy (non-hydrogen) atoms. The van der Waals surface area contributed by atoms with Crippen LogP contribution in [0.2, 0.25) is 0 Å². The Morgan fingerprint density at radius 2 is 1.97 bits per heavy atom. The van der Waals surface area contributed by atoms with Crippen molar-refractivity contribution in [3.05, 3.63) is 54.1 Å². The lowest BCUT2D eigenvalue weighted by atomic mass is 9.46. The number of rotatable bonds is 6. The van der Waals surface area contributed by atoms with Crippen LogP contribution in [0, 0.1) is 28.6 Å². The largest absolute Gasteiger partial charge is 0.470 e. The molecule has 0 radical (unpaired) electrons. The maximum absolute atomic E-state index is 13.9. The normalized spacial score (nSPS) is 42.7. The highest BCUT2D eigenvalue weighted by molar-refractivity contribution is 7.46. The van der Waals surface area contributed by atoms with Gasteiger partial charge >= 0.3 is 7.82 Å². The van der Waals surface area contributed by atoms with Gasteiger partial charge in [-0.3, -0.25) is 14.1 Å². The summed E-state index contributed by atoms with van der Waals surface area (Å²) in [4.78, 5) is 44.7. The van der Waals surface area contributed by atoms with E-state index in [0.29, 0.717) is 12.8 Å². The number of allylic oxidation sites excluding steroid dienone is 4. The van der Waals surface area contributed by atoms with E-state index >= 15 is 0 Å². The van der Waals surface area contributed by atoms with Crippen molar-refractivity contribution in [1.82, 2.24) is 0 Å². The van der Waals surface area contributed by atoms with E-state index in [-0.39, 0.29) is 30.0 Å². The number of carbonyl (C=O) groups excluding carboxylic acids is 2. The van der Waals surface area contributed by atoms with Gasteiger partial charge < -0.3 is 29.7 Å². The Hall–Kier alpha value is -2.17. The van der Waals surface area contributed by atoms with E-state index in [1.807, 2.05) is 43.3 Å². The number of phosphoric acid groups is 1. The fourth-order valence-corrected chi connectivity index (χ4v) is 8.84. The minimum atomic E-state index is -4.92. The summed E-state index contributed by atoms with van der Waals surface area (Å²) < 4.78 is 28.9. The number of ether oxygens (including phenoxy) is 2. The quantitative estimate of drug-likeness (QED) is 0.383. The SMILES string of the molecule is C[C@]12C=CC(=O)C=C1CC[C@@H]1[C@@H]2[C@@H](O)C[C@@]2(C)[C@H]1C[C@H]1OC(Nc3ccccc3)O[C@]12C(=O)COP(=O)(O)O. The van der Waals surface area contributed by atoms with Crippen molar-refractivity contribution in [3.8, 4) is 0 Å². The summed E-state index contributed by atoms with van der Waals surface area (Å²) in [6.07, 6.45) is 4.86. The number of anilines is 1. The van der Waals surface area contributed by atoms with Crippen molar-refractivity contribution in [1.29, 1.82) is 0 Å². The lowest BCUT2D eigenvalue weighted by Crippen LogP contribution is -2.63. The summed E-state index contributed by atoms with van der Waals surface area (Å²) in [7, 11) is -4.92. The molecule has 1 heterocycles. The molecule has 3 saturated carbocycles. The number of aliphatic hydroxyl groups excluding tert-OH is 1. The molecule has 0 spiro atoms. The van der Waals surface area contributed by atoms with Gasteiger partial charge in [-0.1, -0.05) is 43.7 Å². The van der Waals surface area contributed by atoms with Crippen LogP contribution in [0.5, 0.6) is 0 Å². The van der Waals surface area contributed by atoms with Gasteiger partial charge in [-0.15, -0.1) is 0 Å². The molecule has 1 unspecified atom stereocenters. The predicted octanol–water partition coefficient (Wildman–Crippen LogP) is 3.10. The third-order valence-corrected chi connectivity index (χ3v) is 10.5. The molecule has 1 saturated heterocycles. The number of benzene rings is 1. The Labute approximate surface area is 226 Å². The van der Waals surface area contributed by atoms with Crippen LogP contribution in [0.15, 0.2) is 54.1 Å². The summed E-state index contributed by atoms with van der Waals surface area (Å²) in [5.74, 6) is -0.869. The average molecular weight is 560 g/mol. The average Bonchev–Trinajstić information content (AvgIpc) is 3.35. The van der Waals surface area contributed by atoms with E-state index in [9.17, 15) is 29.0 Å². The number of aliphatic hydroxyl groups is 1. The third kappa shape index (κ3) is 4.11. The first-order chi connectivity index (χ1) is 18.4. The van der Waals surface area contributed by atoms with Gasteiger partial charge in [0.05, 0.1) is 12.2 Å². The van der Waals surface area contributed by atoms with Gasteiger partial charge in [0.15, 0.2) is 17.2 Å². The smallest absolute Gasteiger partial charge is 0.393 e. The van der Waals surface area contributed by atoms with Crippen LogP contribution >= 0.6 is 7.82 Å². The number of hydrogen-bond acceptors (Lipinski definition) is 8. The fraction of sp³-hybridized carbons (Fsp3) is 0.571. The molecule has 6 rings (SSSR count). The summed E-state index contributed by atoms with van der Waals surface area (Å²) >= 11 is 0. The van der Waals surface area contributed by atoms with Gasteiger partial charge in [-0.25, -0.2) is 4.57 Å². The van der Waals surface area contributed by atoms with Crippen molar-refractivity contribution in [2.24, 2.45) is 28.6 Å². The van der Waals surface area contributed by atoms with Crippen LogP contribution < -0.4 is 5.32 Å². The fourth-order valence-electron chi connectivity index (χ4n) is 8.55. The van der Waals surface area contributed by atoms with E-state index in [0.717, 1.165) is 17.7 Å². The molecule has 0 aromatic heterocycles. The maximum atomic E-state index is 13.9. The Kier molecular flexibility index (Phi) is 6.36. The van der Waals surface area contributed by atoms with E-state index in [1.54, 1.807) is 12.2 Å². The number of para-hydroxylation sites is 1. The first kappa shape index (κ1) is 27.0. The van der Waals surface area contributed by atoms with E-state index in [2.05, 4.69) is 16.8 Å². The number of Topliss-reactive ketones (excluding diaryl/α,β-unsaturated/α-hetero) is 1. The molecule has 11 heteroatoms. The molecule has 4 fully saturated rings. The zero-order chi connectivity index (χ0) is 27.8. The van der Waals surface area contributed by atoms with Crippen molar-refractivity contribution >= 4 is 25.1 Å². The zero-order valence-electron chi connectivity index (χ0n) is 21.9. The van der Waals surface area contributed by atoms with Crippen molar-refractivity contribution < 1.29 is 43.0 Å². The van der Waals surface area contributed by atoms with E-state index in [4.69, 9.17) is 9.47 Å². The van der Waals surface area contributed by atoms with Crippen molar-refractivity contribution in [3.63, 3.8) is 0 Å². The number of hydrogen-bond donors (Lipinski definition) is 4. The highest BCUT2D eigenvalue weighted by atomic mass is 31.2. The van der Waals surface area contributed by atoms with Gasteiger partial charge in [-0.05, 0) is 61.8 Å². The molecule has 1 aromatic carbocycles. The molecule has 9 atom stereocenters. The Morgan fingerprint density at radius 3 is 2.69 bits per heavy atom. The van der Waals surface area contributed by atoms with Crippen LogP contribution in [0.4, 0.5) is 5.69 Å². The number of ketones is 2. The van der Waals surface area contributed by atoms with Crippen LogP contribution in [0.1, 0.15) is 39.5 Å². The van der Waals surface area contributed by atoms with Gasteiger partial charge in [0, 0.05) is 22.4 Å². The van der Waals surface area contributed by atoms with Crippen LogP contribution in [-0.4, -0.2) is 57.3 Å². The first-order valence-corrected chi connectivity index (χ1v) is 14.9. The maximum Gasteiger partial charge on any atom is 0.470 e. The number of fused-ring (bicyclic) bond motifs is 7. The van der Waals surface area contributed by atoms with Gasteiger partial charge in [0.2, 0.25) is 6.41 Å². The molecular formula is C28H34NO9P. The number of carbonyl (C=O) groups is 2. The lowest BCUT2D eigenvalue weighted by Gasteiger charge is -2.59. The van der Waals surface area contributed by atoms with Crippen LogP contribution in [0.3, 0.4) is 0 Å². The molecule has 210 valence electrons. The predicted molar refractivity (Wildman–Crippen MR) is 139 cm³/mol. The second kappa shape index (κ2) is 9.17. The molecule has 4 N–H and O–H groups in total. The van der Waals surface area contributed by atoms with Crippen LogP contribution in [0.25, 0.3) is 0 Å². The standard InChI is InChI=1S/C28H34NO9P/c1-26-11-10-18(30)12-16(26)8-9-19-20-13-23-28(22(32)15-36-39(33,34)35,27(20,2)14-21(31)24(19)26)38-25(37-23)29-17-6-4-3-5-7-17/h3-7,10-12,19-21,23-25,29,31H,8-9,13-15H2,1-2H3,(H2,33,34,35)/t19-,20-,21-,23+,24+,25?,26-,27-,28+/m0/s1. The first-order valence-electron chi connectivity index (χ1n) is 13.4. The minimum Gasteiger partial charge on any atom is -0.393 e. The molecular weight excluding hydrogens is 525 g/mol. The molecule has 0 bridgehead atoms. The molecule has 10 nitrogen and oxygen atoms in total. The van der Waals surface area contributed by atoms with Gasteiger partial charge in [0.25, 0.3) is 0 Å². The Balaban J connectivity index is 1.36. The monoisotopic (exact) mass is 559 g/mol. The summed E-state index contributed by atoms with van der Waals surface area (Å²) in [5.41, 5.74) is -1.21. The minimum absolute atomic E-state index is 0.0180. The lowest BCUT2D eigenvalue weighted by molar-refractivity contribution is -0.195. The molecule has 4 aliphatic carbocycles. The van der Waals surface area contributed by atoms with Gasteiger partial charge in [0.1, 0.15) is 6.61 Å². The highest BCUT2D eigenvalue weighted by Crippen LogP contribution is 2.69. The van der Waals surface area contributed by atoms with Gasteiger partial charge in [-0.2, -0.15) is 0 Å². The van der Waals surface area contributed by atoms with Crippen LogP contribution in [-0.2, 0) is 28.2 Å². The Morgan fingerprint density at radius 1 is 1.23 bits per heavy atom. The van der Waals surface area contributed by atoms with E-state index < -0.39 is 55.3 Å². The van der Waals surface area contributed by atoms with Crippen molar-refractivity contribution in [2.45, 2.75) is 63.8 Å². The second-order valence-corrected chi connectivity index (χ2v) is 13.2. The van der Waals surface area contributed by atoms with Crippen molar-refractivity contribution in [2.75, 3.05) is 11.9 Å². The topological polar surface area (TPSA) is 152 Å². The summed E-state index contributed by atoms with van der Waals surface area (Å²) in [5, 5.41) is 14.9. The summed E-state index contributed by atoms with van der Waals surface area (Å²) in [6.45, 7) is 3.15. The molecule has 5 aliphatic rings. The number of phosphoric ester groups is 1. The molecule has 0 amide bonds. The third-order valence-electron chi connectivity index (χ3n) is 10.1. The molecule has 1 aromatic rings. The summed E-state index contributed by atoms with van der Waals surface area (Å²) in [6, 6.07) is 9.24. The highest BCUT2D eigenvalue weighted by Gasteiger charge is 2.76. The Bertz CT molecular complexity index is 1290. The zero-order valence-corrected chi connectivity index (χ0v) is 22.8. The number of nitrogens with one attached hydrogen (secondary N) is 1.